The van der Waals surface area contributed by atoms with Crippen LogP contribution in [0.4, 0.5) is 4.79 Å². The summed E-state index contributed by atoms with van der Waals surface area (Å²) in [6.07, 6.45) is -0.867. The number of carbonyl (C=O) groups is 1. The van der Waals surface area contributed by atoms with Crippen molar-refractivity contribution < 1.29 is 27.6 Å². The highest BCUT2D eigenvalue weighted by Gasteiger charge is 2.43. The molecule has 0 aliphatic carbocycles. The normalized spacial score (nSPS) is 17.6. The first-order valence-electron chi connectivity index (χ1n) is 11.6. The number of amides is 1. The maximum Gasteiger partial charge on any atom is 0.410 e. The zero-order valence-electron chi connectivity index (χ0n) is 21.9. The van der Waals surface area contributed by atoms with Crippen LogP contribution in [0.5, 0.6) is 0 Å². The minimum atomic E-state index is -3.55. The number of hydrogen-bond donors (Lipinski definition) is 0. The lowest BCUT2D eigenvalue weighted by molar-refractivity contribution is 0.00919. The molecule has 2 heterocycles. The zero-order valence-corrected chi connectivity index (χ0v) is 23.7. The molecule has 10 heteroatoms. The highest BCUT2D eigenvalue weighted by atomic mass is 31.2. The minimum absolute atomic E-state index is 0.0368. The molecule has 0 saturated heterocycles. The van der Waals surface area contributed by atoms with E-state index < -0.39 is 33.7 Å². The van der Waals surface area contributed by atoms with Gasteiger partial charge in [-0.15, -0.1) is 0 Å². The summed E-state index contributed by atoms with van der Waals surface area (Å²) in [6, 6.07) is 3.49. The summed E-state index contributed by atoms with van der Waals surface area (Å²) in [6.45, 7) is 21.0. The molecule has 33 heavy (non-hydrogen) atoms. The van der Waals surface area contributed by atoms with E-state index in [1.165, 1.54) is 0 Å². The summed E-state index contributed by atoms with van der Waals surface area (Å²) >= 11 is 0. The quantitative estimate of drug-likeness (QED) is 0.346. The maximum atomic E-state index is 13.4. The second kappa shape index (κ2) is 10.2. The Morgan fingerprint density at radius 2 is 1.70 bits per heavy atom. The number of ether oxygens (including phenoxy) is 1. The Labute approximate surface area is 200 Å². The molecular weight excluding hydrogens is 459 g/mol. The van der Waals surface area contributed by atoms with Crippen molar-refractivity contribution in [2.45, 2.75) is 91.8 Å². The fourth-order valence-electron chi connectivity index (χ4n) is 3.22. The van der Waals surface area contributed by atoms with E-state index in [9.17, 15) is 9.36 Å². The predicted molar refractivity (Wildman–Crippen MR) is 132 cm³/mol. The lowest BCUT2D eigenvalue weighted by Gasteiger charge is -2.42. The average Bonchev–Trinajstić information content (AvgIpc) is 2.65. The van der Waals surface area contributed by atoms with Crippen LogP contribution in [0.25, 0.3) is 0 Å². The number of nitrogens with zero attached hydrogens (tertiary/aromatic N) is 2. The van der Waals surface area contributed by atoms with Crippen molar-refractivity contribution in [2.75, 3.05) is 19.8 Å². The number of aromatic nitrogens is 1. The number of carbonyl (C=O) groups excluding carboxylic acids is 1. The van der Waals surface area contributed by atoms with E-state index in [1.54, 1.807) is 24.8 Å². The van der Waals surface area contributed by atoms with Crippen LogP contribution in [0.3, 0.4) is 0 Å². The van der Waals surface area contributed by atoms with Crippen molar-refractivity contribution in [1.29, 1.82) is 0 Å². The Balaban J connectivity index is 2.52. The molecule has 0 radical (unpaired) electrons. The third kappa shape index (κ3) is 6.89. The van der Waals surface area contributed by atoms with Gasteiger partial charge in [-0.3, -0.25) is 4.57 Å². The molecule has 1 aliphatic heterocycles. The Hall–Kier alpha value is -1.25. The van der Waals surface area contributed by atoms with Crippen LogP contribution in [0, 0.1) is 0 Å². The summed E-state index contributed by atoms with van der Waals surface area (Å²) in [5, 5.41) is -0.0368. The van der Waals surface area contributed by atoms with Gasteiger partial charge in [0.25, 0.3) is 0 Å². The Morgan fingerprint density at radius 3 is 2.18 bits per heavy atom. The molecule has 0 N–H and O–H groups in total. The standard InChI is InChI=1S/C23H41N2O6PSi/c1-11-28-32(27,29-12-2)19-14-13-17-15-25(21(26)30-22(3,4)5)16-18(20(17)24-19)31-33(9,10)23(6,7)8/h13-14,18H,11-12,15-16H2,1-10H3. The molecule has 188 valence electrons. The summed E-state index contributed by atoms with van der Waals surface area (Å²) in [7, 11) is -5.77. The van der Waals surface area contributed by atoms with E-state index in [0.29, 0.717) is 18.8 Å². The molecule has 1 aliphatic rings. The second-order valence-electron chi connectivity index (χ2n) is 10.8. The first-order chi connectivity index (χ1) is 15.0. The minimum Gasteiger partial charge on any atom is -0.444 e. The summed E-state index contributed by atoms with van der Waals surface area (Å²) in [5.74, 6) is 0. The largest absolute Gasteiger partial charge is 0.444 e. The molecule has 0 fully saturated rings. The second-order valence-corrected chi connectivity index (χ2v) is 17.5. The molecule has 0 bridgehead atoms. The third-order valence-electron chi connectivity index (χ3n) is 5.82. The lowest BCUT2D eigenvalue weighted by Crippen LogP contribution is -2.48. The number of pyridine rings is 1. The fourth-order valence-corrected chi connectivity index (χ4v) is 5.97. The van der Waals surface area contributed by atoms with E-state index in [2.05, 4.69) is 33.9 Å². The highest BCUT2D eigenvalue weighted by molar-refractivity contribution is 7.61. The van der Waals surface area contributed by atoms with Crippen molar-refractivity contribution in [1.82, 2.24) is 9.88 Å². The van der Waals surface area contributed by atoms with Gasteiger partial charge in [0.1, 0.15) is 11.7 Å². The highest BCUT2D eigenvalue weighted by Crippen LogP contribution is 2.47. The van der Waals surface area contributed by atoms with Crippen LogP contribution < -0.4 is 5.44 Å². The van der Waals surface area contributed by atoms with E-state index in [0.717, 1.165) is 5.56 Å². The maximum absolute atomic E-state index is 13.4. The molecule has 1 aromatic heterocycles. The Bertz CT molecular complexity index is 884. The molecule has 8 nitrogen and oxygen atoms in total. The number of rotatable bonds is 7. The number of hydrogen-bond acceptors (Lipinski definition) is 7. The first-order valence-corrected chi connectivity index (χ1v) is 16.0. The van der Waals surface area contributed by atoms with Crippen LogP contribution in [-0.2, 0) is 29.3 Å². The molecule has 1 unspecified atom stereocenters. The molecular formula is C23H41N2O6PSi. The predicted octanol–water partition coefficient (Wildman–Crippen LogP) is 5.79. The van der Waals surface area contributed by atoms with Crippen molar-refractivity contribution in [3.8, 4) is 0 Å². The Kier molecular flexibility index (Phi) is 8.62. The SMILES string of the molecule is CCOP(=O)(OCC)c1ccc2c(n1)C(O[Si](C)(C)C(C)(C)C)CN(C(=O)OC(C)(C)C)C2. The van der Waals surface area contributed by atoms with Crippen LogP contribution >= 0.6 is 7.60 Å². The van der Waals surface area contributed by atoms with Crippen LogP contribution in [0.1, 0.15) is 72.8 Å². The van der Waals surface area contributed by atoms with Crippen LogP contribution in [0.15, 0.2) is 12.1 Å². The van der Waals surface area contributed by atoms with Gasteiger partial charge in [0, 0.05) is 0 Å². The fraction of sp³-hybridized carbons (Fsp3) is 0.739. The van der Waals surface area contributed by atoms with Gasteiger partial charge in [0.2, 0.25) is 0 Å². The lowest BCUT2D eigenvalue weighted by atomic mass is 10.0. The summed E-state index contributed by atoms with van der Waals surface area (Å²) in [4.78, 5) is 19.3. The van der Waals surface area contributed by atoms with E-state index in [1.807, 2.05) is 26.8 Å². The van der Waals surface area contributed by atoms with Crippen molar-refractivity contribution >= 4 is 27.4 Å². The topological polar surface area (TPSA) is 87.2 Å². The smallest absolute Gasteiger partial charge is 0.410 e. The van der Waals surface area contributed by atoms with Crippen LogP contribution in [0.2, 0.25) is 18.1 Å². The molecule has 0 spiro atoms. The zero-order chi connectivity index (χ0) is 25.2. The van der Waals surface area contributed by atoms with Gasteiger partial charge in [-0.1, -0.05) is 26.8 Å². The summed E-state index contributed by atoms with van der Waals surface area (Å²) < 4.78 is 36.7. The molecule has 0 aromatic carbocycles. The molecule has 1 amide bonds. The van der Waals surface area contributed by atoms with Gasteiger partial charge in [0.15, 0.2) is 13.8 Å². The number of fused-ring (bicyclic) bond motifs is 1. The van der Waals surface area contributed by atoms with Gasteiger partial charge < -0.3 is 23.1 Å². The van der Waals surface area contributed by atoms with Gasteiger partial charge in [0.05, 0.1) is 32.0 Å². The van der Waals surface area contributed by atoms with Crippen molar-refractivity contribution in [2.24, 2.45) is 0 Å². The molecule has 2 rings (SSSR count). The van der Waals surface area contributed by atoms with E-state index in [-0.39, 0.29) is 23.7 Å². The molecule has 0 saturated carbocycles. The van der Waals surface area contributed by atoms with Gasteiger partial charge in [-0.05, 0) is 64.4 Å². The summed E-state index contributed by atoms with van der Waals surface area (Å²) in [5.41, 5.74) is 1.17. The van der Waals surface area contributed by atoms with Gasteiger partial charge >= 0.3 is 13.7 Å². The van der Waals surface area contributed by atoms with Crippen molar-refractivity contribution in [3.05, 3.63) is 23.4 Å². The van der Waals surface area contributed by atoms with E-state index >= 15 is 0 Å². The first kappa shape index (κ1) is 28.0. The molecule has 1 atom stereocenters. The van der Waals surface area contributed by atoms with Gasteiger partial charge in [-0.25, -0.2) is 9.78 Å². The third-order valence-corrected chi connectivity index (χ3v) is 12.3. The van der Waals surface area contributed by atoms with Crippen molar-refractivity contribution in [3.63, 3.8) is 0 Å². The van der Waals surface area contributed by atoms with Gasteiger partial charge in [-0.2, -0.15) is 0 Å². The van der Waals surface area contributed by atoms with Crippen LogP contribution in [-0.4, -0.2) is 49.7 Å². The van der Waals surface area contributed by atoms with E-state index in [4.69, 9.17) is 23.2 Å². The monoisotopic (exact) mass is 500 g/mol. The molecule has 1 aromatic rings. The Morgan fingerprint density at radius 1 is 1.12 bits per heavy atom. The average molecular weight is 501 g/mol.